The van der Waals surface area contributed by atoms with Crippen LogP contribution in [-0.2, 0) is 4.74 Å². The van der Waals surface area contributed by atoms with E-state index in [0.717, 1.165) is 6.42 Å². The number of carbonyl (C=O) groups excluding carboxylic acids is 1. The molecular formula is C14H22N2O2S. The van der Waals surface area contributed by atoms with Crippen LogP contribution >= 0.6 is 11.3 Å². The quantitative estimate of drug-likeness (QED) is 0.892. The van der Waals surface area contributed by atoms with Gasteiger partial charge in [0, 0.05) is 18.1 Å². The number of thiophene rings is 1. The van der Waals surface area contributed by atoms with Gasteiger partial charge in [0.2, 0.25) is 0 Å². The van der Waals surface area contributed by atoms with E-state index in [4.69, 9.17) is 4.74 Å². The Kier molecular flexibility index (Phi) is 4.16. The second-order valence-electron chi connectivity index (χ2n) is 6.04. The molecule has 1 aromatic rings. The molecule has 1 aliphatic carbocycles. The standard InChI is InChI=1S/C14H22N2O2S/c1-9(10-5-6-19-8-10)15-11-7-12(11)16-13(17)18-14(2,3)4/h5-6,8-9,11-12,15H,7H2,1-4H3,(H,16,17). The summed E-state index contributed by atoms with van der Waals surface area (Å²) < 4.78 is 5.24. The van der Waals surface area contributed by atoms with Crippen LogP contribution in [0.15, 0.2) is 16.8 Å². The summed E-state index contributed by atoms with van der Waals surface area (Å²) in [6, 6.07) is 2.99. The second-order valence-corrected chi connectivity index (χ2v) is 6.82. The molecule has 0 aliphatic heterocycles. The summed E-state index contributed by atoms with van der Waals surface area (Å²) in [6.07, 6.45) is 0.637. The molecule has 0 saturated heterocycles. The van der Waals surface area contributed by atoms with E-state index in [0.29, 0.717) is 12.1 Å². The van der Waals surface area contributed by atoms with Gasteiger partial charge in [-0.05, 0) is 56.5 Å². The normalized spacial score (nSPS) is 23.8. The number of ether oxygens (including phenoxy) is 1. The number of hydrogen-bond donors (Lipinski definition) is 2. The van der Waals surface area contributed by atoms with Gasteiger partial charge in [-0.3, -0.25) is 0 Å². The lowest BCUT2D eigenvalue weighted by molar-refractivity contribution is 0.0522. The molecular weight excluding hydrogens is 260 g/mol. The molecule has 0 bridgehead atoms. The third kappa shape index (κ3) is 4.51. The largest absolute Gasteiger partial charge is 0.444 e. The lowest BCUT2D eigenvalue weighted by atomic mass is 10.2. The number of carbonyl (C=O) groups is 1. The van der Waals surface area contributed by atoms with E-state index in [2.05, 4.69) is 34.4 Å². The monoisotopic (exact) mass is 282 g/mol. The van der Waals surface area contributed by atoms with Crippen molar-refractivity contribution in [1.82, 2.24) is 10.6 Å². The molecule has 1 aliphatic rings. The maximum absolute atomic E-state index is 11.6. The molecule has 1 amide bonds. The van der Waals surface area contributed by atoms with Gasteiger partial charge in [-0.15, -0.1) is 0 Å². The van der Waals surface area contributed by atoms with E-state index >= 15 is 0 Å². The molecule has 4 nitrogen and oxygen atoms in total. The second kappa shape index (κ2) is 5.51. The molecule has 1 saturated carbocycles. The fourth-order valence-corrected chi connectivity index (χ4v) is 2.69. The summed E-state index contributed by atoms with van der Waals surface area (Å²) in [5, 5.41) is 10.6. The Hall–Kier alpha value is -1.07. The van der Waals surface area contributed by atoms with Crippen LogP contribution in [0.25, 0.3) is 0 Å². The molecule has 3 unspecified atom stereocenters. The van der Waals surface area contributed by atoms with E-state index in [1.54, 1.807) is 11.3 Å². The molecule has 0 radical (unpaired) electrons. The number of hydrogen-bond acceptors (Lipinski definition) is 4. The lowest BCUT2D eigenvalue weighted by Gasteiger charge is -2.20. The van der Waals surface area contributed by atoms with Crippen LogP contribution in [0.3, 0.4) is 0 Å². The molecule has 3 atom stereocenters. The number of alkyl carbamates (subject to hydrolysis) is 1. The first-order valence-corrected chi connectivity index (χ1v) is 7.57. The topological polar surface area (TPSA) is 50.4 Å². The average molecular weight is 282 g/mol. The highest BCUT2D eigenvalue weighted by Crippen LogP contribution is 2.26. The molecule has 19 heavy (non-hydrogen) atoms. The molecule has 1 aromatic heterocycles. The summed E-state index contributed by atoms with van der Waals surface area (Å²) in [5.41, 5.74) is 0.860. The highest BCUT2D eigenvalue weighted by Gasteiger charge is 2.40. The highest BCUT2D eigenvalue weighted by molar-refractivity contribution is 7.07. The van der Waals surface area contributed by atoms with Crippen molar-refractivity contribution >= 4 is 17.4 Å². The van der Waals surface area contributed by atoms with Crippen LogP contribution in [0, 0.1) is 0 Å². The van der Waals surface area contributed by atoms with Crippen LogP contribution in [0.5, 0.6) is 0 Å². The minimum absolute atomic E-state index is 0.191. The number of rotatable bonds is 4. The molecule has 1 heterocycles. The van der Waals surface area contributed by atoms with Gasteiger partial charge in [-0.1, -0.05) is 0 Å². The Labute approximate surface area is 118 Å². The summed E-state index contributed by atoms with van der Waals surface area (Å²) in [6.45, 7) is 7.75. The Morgan fingerprint density at radius 3 is 2.79 bits per heavy atom. The number of nitrogens with one attached hydrogen (secondary N) is 2. The van der Waals surface area contributed by atoms with Crippen LogP contribution in [0.2, 0.25) is 0 Å². The van der Waals surface area contributed by atoms with Gasteiger partial charge >= 0.3 is 6.09 Å². The summed E-state index contributed by atoms with van der Waals surface area (Å²) in [4.78, 5) is 11.6. The van der Waals surface area contributed by atoms with Gasteiger partial charge in [0.15, 0.2) is 0 Å². The van der Waals surface area contributed by atoms with Gasteiger partial charge in [0.25, 0.3) is 0 Å². The van der Waals surface area contributed by atoms with Crippen LogP contribution < -0.4 is 10.6 Å². The third-order valence-corrected chi connectivity index (χ3v) is 3.70. The zero-order valence-electron chi connectivity index (χ0n) is 11.9. The van der Waals surface area contributed by atoms with Gasteiger partial charge in [-0.2, -0.15) is 11.3 Å². The first-order valence-electron chi connectivity index (χ1n) is 6.63. The van der Waals surface area contributed by atoms with Crippen molar-refractivity contribution in [2.45, 2.75) is 57.8 Å². The van der Waals surface area contributed by atoms with Crippen molar-refractivity contribution in [2.75, 3.05) is 0 Å². The molecule has 5 heteroatoms. The van der Waals surface area contributed by atoms with Crippen molar-refractivity contribution in [1.29, 1.82) is 0 Å². The number of amides is 1. The Morgan fingerprint density at radius 2 is 2.21 bits per heavy atom. The molecule has 106 valence electrons. The summed E-state index contributed by atoms with van der Waals surface area (Å²) >= 11 is 1.70. The predicted octanol–water partition coefficient (Wildman–Crippen LogP) is 3.06. The molecule has 0 spiro atoms. The lowest BCUT2D eigenvalue weighted by Crippen LogP contribution is -2.37. The van der Waals surface area contributed by atoms with Crippen molar-refractivity contribution in [3.05, 3.63) is 22.4 Å². The summed E-state index contributed by atoms with van der Waals surface area (Å²) in [5.74, 6) is 0. The fourth-order valence-electron chi connectivity index (χ4n) is 1.94. The predicted molar refractivity (Wildman–Crippen MR) is 77.4 cm³/mol. The van der Waals surface area contributed by atoms with Crippen molar-refractivity contribution in [3.8, 4) is 0 Å². The average Bonchev–Trinajstić information content (AvgIpc) is 2.80. The SMILES string of the molecule is CC(NC1CC1NC(=O)OC(C)(C)C)c1ccsc1. The third-order valence-electron chi connectivity index (χ3n) is 3.00. The fraction of sp³-hybridized carbons (Fsp3) is 0.643. The van der Waals surface area contributed by atoms with Crippen LogP contribution in [0.1, 0.15) is 45.7 Å². The molecule has 0 aromatic carbocycles. The first kappa shape index (κ1) is 14.3. The van der Waals surface area contributed by atoms with Crippen LogP contribution in [0.4, 0.5) is 4.79 Å². The van der Waals surface area contributed by atoms with E-state index in [9.17, 15) is 4.79 Å². The first-order chi connectivity index (χ1) is 8.85. The highest BCUT2D eigenvalue weighted by atomic mass is 32.1. The minimum Gasteiger partial charge on any atom is -0.444 e. The van der Waals surface area contributed by atoms with E-state index < -0.39 is 5.60 Å². The van der Waals surface area contributed by atoms with Gasteiger partial charge < -0.3 is 15.4 Å². The maximum Gasteiger partial charge on any atom is 0.407 e. The Balaban J connectivity index is 1.72. The van der Waals surface area contributed by atoms with Gasteiger partial charge in [0.1, 0.15) is 5.60 Å². The van der Waals surface area contributed by atoms with Crippen molar-refractivity contribution in [2.24, 2.45) is 0 Å². The molecule has 2 N–H and O–H groups in total. The maximum atomic E-state index is 11.6. The van der Waals surface area contributed by atoms with Gasteiger partial charge in [0.05, 0.1) is 0 Å². The molecule has 2 rings (SSSR count). The minimum atomic E-state index is -0.439. The van der Waals surface area contributed by atoms with E-state index in [-0.39, 0.29) is 12.1 Å². The Bertz CT molecular complexity index is 425. The van der Waals surface area contributed by atoms with Crippen molar-refractivity contribution < 1.29 is 9.53 Å². The molecule has 1 fully saturated rings. The van der Waals surface area contributed by atoms with Gasteiger partial charge in [-0.25, -0.2) is 4.79 Å². The Morgan fingerprint density at radius 1 is 1.47 bits per heavy atom. The van der Waals surface area contributed by atoms with Crippen molar-refractivity contribution in [3.63, 3.8) is 0 Å². The van der Waals surface area contributed by atoms with E-state index in [1.807, 2.05) is 20.8 Å². The van der Waals surface area contributed by atoms with E-state index in [1.165, 1.54) is 5.56 Å². The summed E-state index contributed by atoms with van der Waals surface area (Å²) in [7, 11) is 0. The smallest absolute Gasteiger partial charge is 0.407 e. The zero-order chi connectivity index (χ0) is 14.0. The van der Waals surface area contributed by atoms with Crippen LogP contribution in [-0.4, -0.2) is 23.8 Å². The zero-order valence-corrected chi connectivity index (χ0v) is 12.7.